The smallest absolute Gasteiger partial charge is 0.252 e. The van der Waals surface area contributed by atoms with Crippen LogP contribution in [-0.4, -0.2) is 46.5 Å². The summed E-state index contributed by atoms with van der Waals surface area (Å²) in [6.45, 7) is 7.76. The van der Waals surface area contributed by atoms with Crippen molar-refractivity contribution < 1.29 is 14.3 Å². The highest BCUT2D eigenvalue weighted by molar-refractivity contribution is 6.11. The number of hydrogen-bond acceptors (Lipinski definition) is 6. The van der Waals surface area contributed by atoms with Crippen molar-refractivity contribution >= 4 is 23.4 Å². The molecule has 0 bridgehead atoms. The minimum atomic E-state index is -0.293. The minimum absolute atomic E-state index is 0.0647. The Morgan fingerprint density at radius 1 is 1.15 bits per heavy atom. The van der Waals surface area contributed by atoms with Crippen LogP contribution in [-0.2, 0) is 0 Å². The number of methoxy groups -OCH3 is 1. The van der Waals surface area contributed by atoms with Gasteiger partial charge in [-0.15, -0.1) is 0 Å². The maximum Gasteiger partial charge on any atom is 0.252 e. The van der Waals surface area contributed by atoms with Gasteiger partial charge in [0.15, 0.2) is 11.5 Å². The molecule has 0 heterocycles. The van der Waals surface area contributed by atoms with E-state index in [-0.39, 0.29) is 18.1 Å². The van der Waals surface area contributed by atoms with Gasteiger partial charge in [0.1, 0.15) is 0 Å². The van der Waals surface area contributed by atoms with Crippen molar-refractivity contribution in [3.63, 3.8) is 0 Å². The molecule has 0 saturated carbocycles. The zero-order valence-electron chi connectivity index (χ0n) is 20.9. The van der Waals surface area contributed by atoms with Crippen LogP contribution in [0.5, 0.6) is 11.5 Å². The van der Waals surface area contributed by atoms with Gasteiger partial charge >= 0.3 is 0 Å². The lowest BCUT2D eigenvalue weighted by Gasteiger charge is -2.22. The summed E-state index contributed by atoms with van der Waals surface area (Å²) in [5.74, 6) is 1.00. The first-order valence-corrected chi connectivity index (χ1v) is 10.9. The number of amides is 1. The molecule has 0 spiro atoms. The molecule has 0 saturated heterocycles. The second kappa shape index (κ2) is 11.4. The van der Waals surface area contributed by atoms with Crippen molar-refractivity contribution in [2.24, 2.45) is 10.7 Å². The van der Waals surface area contributed by atoms with Gasteiger partial charge in [-0.05, 0) is 63.1 Å². The quantitative estimate of drug-likeness (QED) is 0.552. The van der Waals surface area contributed by atoms with Crippen LogP contribution in [0.4, 0.5) is 5.69 Å². The fraction of sp³-hybridized carbons (Fsp3) is 0.385. The first-order valence-electron chi connectivity index (χ1n) is 10.9. The first kappa shape index (κ1) is 25.8. The molecule has 33 heavy (non-hydrogen) atoms. The largest absolute Gasteiger partial charge is 0.493 e. The van der Waals surface area contributed by atoms with Crippen LogP contribution in [0, 0.1) is 6.92 Å². The second-order valence-corrected chi connectivity index (χ2v) is 8.36. The molecular weight excluding hydrogens is 416 g/mol. The zero-order chi connectivity index (χ0) is 24.7. The SMILES string of the molecule is CN=C/C(=C\N)c1cc([C@@H](C)NC(=O)c2cc(N(C)C)ccc2C)cc(OC)c1OC(C)C. The normalized spacial score (nSPS) is 12.7. The number of nitrogens with two attached hydrogens (primary N) is 1. The van der Waals surface area contributed by atoms with Gasteiger partial charge in [0.25, 0.3) is 5.91 Å². The van der Waals surface area contributed by atoms with Crippen LogP contribution in [0.3, 0.4) is 0 Å². The Balaban J connectivity index is 2.49. The van der Waals surface area contributed by atoms with E-state index in [1.165, 1.54) is 6.20 Å². The fourth-order valence-corrected chi connectivity index (χ4v) is 3.43. The summed E-state index contributed by atoms with van der Waals surface area (Å²) in [7, 11) is 7.17. The Morgan fingerprint density at radius 2 is 1.85 bits per heavy atom. The standard InChI is InChI=1S/C26H36N4O3/c1-16(2)33-25-23(20(14-27)15-28-5)11-19(12-24(25)32-8)18(4)29-26(31)22-13-21(30(6)7)10-9-17(22)3/h9-16,18H,27H2,1-8H3,(H,29,31)/b20-14+,28-15?/t18-/m1/s1. The van der Waals surface area contributed by atoms with E-state index in [1.807, 2.05) is 77.0 Å². The van der Waals surface area contributed by atoms with E-state index in [9.17, 15) is 4.79 Å². The summed E-state index contributed by atoms with van der Waals surface area (Å²) in [5, 5.41) is 3.11. The molecule has 3 N–H and O–H groups in total. The molecule has 0 radical (unpaired) electrons. The van der Waals surface area contributed by atoms with Crippen molar-refractivity contribution in [3.8, 4) is 11.5 Å². The highest BCUT2D eigenvalue weighted by Crippen LogP contribution is 2.38. The summed E-state index contributed by atoms with van der Waals surface area (Å²) in [6, 6.07) is 9.39. The maximum absolute atomic E-state index is 13.1. The number of rotatable bonds is 9. The maximum atomic E-state index is 13.1. The van der Waals surface area contributed by atoms with E-state index in [4.69, 9.17) is 15.2 Å². The van der Waals surface area contributed by atoms with Gasteiger partial charge in [-0.1, -0.05) is 6.07 Å². The number of benzene rings is 2. The molecule has 0 aromatic heterocycles. The summed E-state index contributed by atoms with van der Waals surface area (Å²) >= 11 is 0. The molecule has 2 rings (SSSR count). The Bertz CT molecular complexity index is 1040. The number of hydrogen-bond donors (Lipinski definition) is 2. The van der Waals surface area contributed by atoms with Crippen LogP contribution in [0.1, 0.15) is 53.9 Å². The van der Waals surface area contributed by atoms with Crippen molar-refractivity contribution in [2.45, 2.75) is 39.8 Å². The molecule has 0 fully saturated rings. The van der Waals surface area contributed by atoms with Crippen molar-refractivity contribution in [1.29, 1.82) is 0 Å². The number of ether oxygens (including phenoxy) is 2. The Kier molecular flexibility index (Phi) is 8.91. The third-order valence-corrected chi connectivity index (χ3v) is 5.24. The number of nitrogens with one attached hydrogen (secondary N) is 1. The molecule has 0 aliphatic heterocycles. The van der Waals surface area contributed by atoms with Crippen LogP contribution < -0.4 is 25.4 Å². The van der Waals surface area contributed by atoms with Crippen LogP contribution in [0.25, 0.3) is 5.57 Å². The van der Waals surface area contributed by atoms with Gasteiger partial charge in [0.2, 0.25) is 0 Å². The van der Waals surface area contributed by atoms with Crippen molar-refractivity contribution in [3.05, 3.63) is 58.8 Å². The second-order valence-electron chi connectivity index (χ2n) is 8.36. The Morgan fingerprint density at radius 3 is 2.39 bits per heavy atom. The number of aryl methyl sites for hydroxylation is 1. The van der Waals surface area contributed by atoms with Gasteiger partial charge in [-0.2, -0.15) is 0 Å². The molecule has 1 atom stereocenters. The molecule has 178 valence electrons. The van der Waals surface area contributed by atoms with Crippen LogP contribution in [0.15, 0.2) is 41.5 Å². The molecule has 1 amide bonds. The first-order chi connectivity index (χ1) is 15.6. The molecule has 2 aromatic rings. The lowest BCUT2D eigenvalue weighted by atomic mass is 9.98. The molecule has 0 aliphatic carbocycles. The third-order valence-electron chi connectivity index (χ3n) is 5.24. The molecule has 7 heteroatoms. The Labute approximate surface area is 197 Å². The number of carbonyl (C=O) groups is 1. The predicted molar refractivity (Wildman–Crippen MR) is 137 cm³/mol. The lowest BCUT2D eigenvalue weighted by Crippen LogP contribution is -2.27. The summed E-state index contributed by atoms with van der Waals surface area (Å²) < 4.78 is 11.7. The number of allylic oxidation sites excluding steroid dienone is 1. The van der Waals surface area contributed by atoms with Gasteiger partial charge in [0, 0.05) is 55.9 Å². The minimum Gasteiger partial charge on any atom is -0.493 e. The van der Waals surface area contributed by atoms with E-state index in [2.05, 4.69) is 10.3 Å². The molecule has 0 unspecified atom stereocenters. The number of nitrogens with zero attached hydrogens (tertiary/aromatic N) is 2. The monoisotopic (exact) mass is 452 g/mol. The number of anilines is 1. The predicted octanol–water partition coefficient (Wildman–Crippen LogP) is 4.35. The molecule has 2 aromatic carbocycles. The van der Waals surface area contributed by atoms with E-state index in [1.54, 1.807) is 20.4 Å². The van der Waals surface area contributed by atoms with E-state index in [0.29, 0.717) is 22.6 Å². The molecular formula is C26H36N4O3. The van der Waals surface area contributed by atoms with Crippen molar-refractivity contribution in [1.82, 2.24) is 5.32 Å². The van der Waals surface area contributed by atoms with E-state index < -0.39 is 0 Å². The van der Waals surface area contributed by atoms with Crippen LogP contribution in [0.2, 0.25) is 0 Å². The van der Waals surface area contributed by atoms with Gasteiger partial charge in [-0.3, -0.25) is 9.79 Å². The summed E-state index contributed by atoms with van der Waals surface area (Å²) in [5.41, 5.74) is 10.7. The van der Waals surface area contributed by atoms with Gasteiger partial charge < -0.3 is 25.4 Å². The van der Waals surface area contributed by atoms with Gasteiger partial charge in [-0.25, -0.2) is 0 Å². The topological polar surface area (TPSA) is 89.2 Å². The zero-order valence-corrected chi connectivity index (χ0v) is 20.9. The van der Waals surface area contributed by atoms with E-state index in [0.717, 1.165) is 22.4 Å². The lowest BCUT2D eigenvalue weighted by molar-refractivity contribution is 0.0939. The van der Waals surface area contributed by atoms with Gasteiger partial charge in [0.05, 0.1) is 19.3 Å². The van der Waals surface area contributed by atoms with Crippen molar-refractivity contribution in [2.75, 3.05) is 33.2 Å². The van der Waals surface area contributed by atoms with Crippen LogP contribution >= 0.6 is 0 Å². The molecule has 0 aliphatic rings. The average Bonchev–Trinajstić information content (AvgIpc) is 2.77. The Hall–Kier alpha value is -3.48. The molecule has 7 nitrogen and oxygen atoms in total. The fourth-order valence-electron chi connectivity index (χ4n) is 3.43. The highest BCUT2D eigenvalue weighted by atomic mass is 16.5. The summed E-state index contributed by atoms with van der Waals surface area (Å²) in [6.07, 6.45) is 3.09. The number of carbonyl (C=O) groups excluding carboxylic acids is 1. The third kappa shape index (κ3) is 6.28. The van der Waals surface area contributed by atoms with E-state index >= 15 is 0 Å². The highest BCUT2D eigenvalue weighted by Gasteiger charge is 2.21. The number of aliphatic imine (C=N–C) groups is 1. The summed E-state index contributed by atoms with van der Waals surface area (Å²) in [4.78, 5) is 19.2. The average molecular weight is 453 g/mol.